The summed E-state index contributed by atoms with van der Waals surface area (Å²) >= 11 is 5.45. The van der Waals surface area contributed by atoms with Gasteiger partial charge in [0.1, 0.15) is 0 Å². The molecule has 1 aromatic heterocycles. The first-order chi connectivity index (χ1) is 6.63. The van der Waals surface area contributed by atoms with Gasteiger partial charge in [0.2, 0.25) is 0 Å². The second-order valence-corrected chi connectivity index (χ2v) is 5.56. The van der Waals surface area contributed by atoms with Crippen LogP contribution in [0.15, 0.2) is 17.3 Å². The van der Waals surface area contributed by atoms with Crippen molar-refractivity contribution in [2.75, 3.05) is 11.1 Å². The Balaban J connectivity index is 2.39. The van der Waals surface area contributed by atoms with Gasteiger partial charge in [-0.2, -0.15) is 5.10 Å². The van der Waals surface area contributed by atoms with Gasteiger partial charge in [0, 0.05) is 29.2 Å². The van der Waals surface area contributed by atoms with Crippen LogP contribution in [0.3, 0.4) is 0 Å². The van der Waals surface area contributed by atoms with E-state index >= 15 is 0 Å². The molecule has 0 fully saturated rings. The summed E-state index contributed by atoms with van der Waals surface area (Å²) in [6.07, 6.45) is 3.99. The van der Waals surface area contributed by atoms with Crippen molar-refractivity contribution in [3.05, 3.63) is 12.4 Å². The summed E-state index contributed by atoms with van der Waals surface area (Å²) in [5, 5.41) is 5.23. The fraction of sp³-hybridized carbons (Fsp3) is 0.700. The van der Waals surface area contributed by atoms with Crippen LogP contribution in [0.25, 0.3) is 0 Å². The molecule has 4 heteroatoms. The Kier molecular flexibility index (Phi) is 5.02. The van der Waals surface area contributed by atoms with Crippen LogP contribution in [0.2, 0.25) is 0 Å². The minimum absolute atomic E-state index is 0.735. The summed E-state index contributed by atoms with van der Waals surface area (Å²) in [6.45, 7) is 4.55. The number of hydrogen-bond donors (Lipinski definition) is 0. The van der Waals surface area contributed by atoms with Gasteiger partial charge >= 0.3 is 0 Å². The summed E-state index contributed by atoms with van der Waals surface area (Å²) in [6, 6.07) is 0. The van der Waals surface area contributed by atoms with Crippen molar-refractivity contribution in [1.82, 2.24) is 9.78 Å². The fourth-order valence-electron chi connectivity index (χ4n) is 1.09. The maximum Gasteiger partial charge on any atom is 0.0625 e. The largest absolute Gasteiger partial charge is 0.275 e. The van der Waals surface area contributed by atoms with Crippen molar-refractivity contribution in [2.45, 2.75) is 18.7 Å². The van der Waals surface area contributed by atoms with Crippen LogP contribution in [0.4, 0.5) is 0 Å². The van der Waals surface area contributed by atoms with Crippen molar-refractivity contribution in [3.63, 3.8) is 0 Å². The van der Waals surface area contributed by atoms with E-state index in [1.165, 1.54) is 4.90 Å². The lowest BCUT2D eigenvalue weighted by atomic mass is 10.0. The van der Waals surface area contributed by atoms with E-state index in [0.29, 0.717) is 0 Å². The molecule has 0 spiro atoms. The van der Waals surface area contributed by atoms with Crippen LogP contribution < -0.4 is 0 Å². The molecule has 0 aliphatic carbocycles. The van der Waals surface area contributed by atoms with Crippen molar-refractivity contribution < 1.29 is 0 Å². The zero-order chi connectivity index (χ0) is 10.6. The van der Waals surface area contributed by atoms with Gasteiger partial charge in [-0.3, -0.25) is 4.68 Å². The van der Waals surface area contributed by atoms with E-state index in [2.05, 4.69) is 41.1 Å². The Morgan fingerprint density at radius 1 is 1.57 bits per heavy atom. The van der Waals surface area contributed by atoms with Crippen LogP contribution >= 0.6 is 27.7 Å². The van der Waals surface area contributed by atoms with Gasteiger partial charge in [0.25, 0.3) is 0 Å². The summed E-state index contributed by atoms with van der Waals surface area (Å²) in [5.41, 5.74) is 0. The molecule has 0 saturated heterocycles. The number of alkyl halides is 1. The van der Waals surface area contributed by atoms with E-state index in [1.54, 1.807) is 0 Å². The normalized spacial score (nSPS) is 13.5. The molecule has 0 amide bonds. The van der Waals surface area contributed by atoms with Gasteiger partial charge in [-0.1, -0.05) is 29.8 Å². The van der Waals surface area contributed by atoms with E-state index in [9.17, 15) is 0 Å². The number of halogens is 1. The van der Waals surface area contributed by atoms with E-state index in [-0.39, 0.29) is 0 Å². The second-order valence-electron chi connectivity index (χ2n) is 3.82. The minimum Gasteiger partial charge on any atom is -0.275 e. The third kappa shape index (κ3) is 3.65. The Labute approximate surface area is 98.6 Å². The number of aromatic nitrogens is 2. The van der Waals surface area contributed by atoms with Gasteiger partial charge in [0.05, 0.1) is 6.20 Å². The summed E-state index contributed by atoms with van der Waals surface area (Å²) in [5.74, 6) is 2.63. The fourth-order valence-corrected chi connectivity index (χ4v) is 3.63. The molecule has 1 heterocycles. The van der Waals surface area contributed by atoms with Gasteiger partial charge in [-0.25, -0.2) is 0 Å². The van der Waals surface area contributed by atoms with Crippen molar-refractivity contribution in [3.8, 4) is 0 Å². The Morgan fingerprint density at radius 2 is 2.29 bits per heavy atom. The maximum absolute atomic E-state index is 4.15. The molecule has 0 saturated carbocycles. The molecule has 0 aromatic carbocycles. The highest BCUT2D eigenvalue weighted by Gasteiger charge is 2.12. The monoisotopic (exact) mass is 276 g/mol. The number of rotatable bonds is 5. The second kappa shape index (κ2) is 5.81. The first-order valence-electron chi connectivity index (χ1n) is 4.81. The summed E-state index contributed by atoms with van der Waals surface area (Å²) in [4.78, 5) is 1.26. The molecule has 0 N–H and O–H groups in total. The predicted octanol–water partition coefficient (Wildman–Crippen LogP) is 3.18. The van der Waals surface area contributed by atoms with Crippen molar-refractivity contribution in [1.29, 1.82) is 0 Å². The average molecular weight is 277 g/mol. The molecular formula is C10H17BrN2S. The number of aryl methyl sites for hydroxylation is 1. The van der Waals surface area contributed by atoms with Crippen molar-refractivity contribution >= 4 is 27.7 Å². The van der Waals surface area contributed by atoms with Crippen LogP contribution in [-0.4, -0.2) is 20.9 Å². The third-order valence-corrected chi connectivity index (χ3v) is 4.26. The highest BCUT2D eigenvalue weighted by atomic mass is 79.9. The van der Waals surface area contributed by atoms with Gasteiger partial charge in [-0.15, -0.1) is 11.8 Å². The molecular weight excluding hydrogens is 260 g/mol. The molecule has 1 aromatic rings. The molecule has 1 atom stereocenters. The van der Waals surface area contributed by atoms with Crippen molar-refractivity contribution in [2.24, 2.45) is 18.9 Å². The van der Waals surface area contributed by atoms with Crippen LogP contribution in [0.5, 0.6) is 0 Å². The average Bonchev–Trinajstić information content (AvgIpc) is 2.52. The van der Waals surface area contributed by atoms with Crippen LogP contribution in [0, 0.1) is 11.8 Å². The Morgan fingerprint density at radius 3 is 2.71 bits per heavy atom. The SMILES string of the molecule is CC(C)C(CBr)CSc1cnn(C)c1. The maximum atomic E-state index is 4.15. The Bertz CT molecular complexity index is 273. The molecule has 0 aliphatic heterocycles. The molecule has 1 unspecified atom stereocenters. The molecule has 0 bridgehead atoms. The lowest BCUT2D eigenvalue weighted by Gasteiger charge is -2.16. The number of nitrogens with zero attached hydrogens (tertiary/aromatic N) is 2. The van der Waals surface area contributed by atoms with Gasteiger partial charge in [0.15, 0.2) is 0 Å². The molecule has 0 radical (unpaired) electrons. The predicted molar refractivity (Wildman–Crippen MR) is 66.1 cm³/mol. The highest BCUT2D eigenvalue weighted by molar-refractivity contribution is 9.09. The van der Waals surface area contributed by atoms with E-state index in [0.717, 1.165) is 22.9 Å². The van der Waals surface area contributed by atoms with E-state index in [4.69, 9.17) is 0 Å². The lowest BCUT2D eigenvalue weighted by molar-refractivity contribution is 0.474. The first-order valence-corrected chi connectivity index (χ1v) is 6.91. The number of thioether (sulfide) groups is 1. The zero-order valence-electron chi connectivity index (χ0n) is 8.90. The van der Waals surface area contributed by atoms with E-state index < -0.39 is 0 Å². The van der Waals surface area contributed by atoms with Gasteiger partial charge in [-0.05, 0) is 11.8 Å². The molecule has 80 valence electrons. The van der Waals surface area contributed by atoms with Gasteiger partial charge < -0.3 is 0 Å². The standard InChI is InChI=1S/C10H17BrN2S/c1-8(2)9(4-11)7-14-10-5-12-13(3)6-10/h5-6,8-9H,4,7H2,1-3H3. The zero-order valence-corrected chi connectivity index (χ0v) is 11.3. The third-order valence-electron chi connectivity index (χ3n) is 2.29. The highest BCUT2D eigenvalue weighted by Crippen LogP contribution is 2.24. The van der Waals surface area contributed by atoms with Crippen LogP contribution in [-0.2, 0) is 7.05 Å². The quantitative estimate of drug-likeness (QED) is 0.607. The molecule has 0 aliphatic rings. The lowest BCUT2D eigenvalue weighted by Crippen LogP contribution is -2.12. The molecule has 1 rings (SSSR count). The summed E-state index contributed by atoms with van der Waals surface area (Å²) in [7, 11) is 1.95. The minimum atomic E-state index is 0.735. The Hall–Kier alpha value is 0.0400. The molecule has 2 nitrogen and oxygen atoms in total. The molecule has 14 heavy (non-hydrogen) atoms. The first kappa shape index (κ1) is 12.1. The smallest absolute Gasteiger partial charge is 0.0625 e. The van der Waals surface area contributed by atoms with E-state index in [1.807, 2.05) is 29.7 Å². The topological polar surface area (TPSA) is 17.8 Å². The number of hydrogen-bond acceptors (Lipinski definition) is 2. The van der Waals surface area contributed by atoms with Crippen LogP contribution in [0.1, 0.15) is 13.8 Å². The summed E-state index contributed by atoms with van der Waals surface area (Å²) < 4.78 is 1.85.